The van der Waals surface area contributed by atoms with Crippen molar-refractivity contribution in [3.63, 3.8) is 0 Å². The summed E-state index contributed by atoms with van der Waals surface area (Å²) in [4.78, 5) is 7.02. The summed E-state index contributed by atoms with van der Waals surface area (Å²) < 4.78 is 7.69. The van der Waals surface area contributed by atoms with Crippen molar-refractivity contribution in [3.8, 4) is 11.4 Å². The van der Waals surface area contributed by atoms with Gasteiger partial charge in [0.1, 0.15) is 5.75 Å². The van der Waals surface area contributed by atoms with Crippen LogP contribution in [-0.2, 0) is 0 Å². The Labute approximate surface area is 198 Å². The third-order valence-electron chi connectivity index (χ3n) is 6.35. The van der Waals surface area contributed by atoms with E-state index in [1.54, 1.807) is 7.11 Å². The Morgan fingerprint density at radius 1 is 0.882 bits per heavy atom. The second kappa shape index (κ2) is 8.12. The monoisotopic (exact) mass is 444 g/mol. The molecule has 1 aliphatic heterocycles. The number of nitrogens with zero attached hydrogens (tertiary/aromatic N) is 3. The first-order chi connectivity index (χ1) is 16.7. The number of aromatic nitrogens is 2. The number of pyridine rings is 1. The zero-order chi connectivity index (χ0) is 23.1. The van der Waals surface area contributed by atoms with Crippen LogP contribution in [0.25, 0.3) is 28.2 Å². The fourth-order valence-corrected chi connectivity index (χ4v) is 4.76. The molecule has 0 bridgehead atoms. The van der Waals surface area contributed by atoms with Crippen LogP contribution in [0.1, 0.15) is 11.4 Å². The molecule has 0 fully saturated rings. The third kappa shape index (κ3) is 3.21. The molecule has 0 spiro atoms. The first-order valence-corrected chi connectivity index (χ1v) is 11.3. The highest BCUT2D eigenvalue weighted by Gasteiger charge is 2.27. The van der Waals surface area contributed by atoms with Gasteiger partial charge in [0.15, 0.2) is 0 Å². The number of anilines is 3. The van der Waals surface area contributed by atoms with E-state index in [0.29, 0.717) is 6.54 Å². The Balaban J connectivity index is 1.54. The van der Waals surface area contributed by atoms with Crippen molar-refractivity contribution in [2.75, 3.05) is 24.3 Å². The molecule has 6 rings (SSSR count). The highest BCUT2D eigenvalue weighted by molar-refractivity contribution is 6.03. The normalized spacial score (nSPS) is 14.0. The van der Waals surface area contributed by atoms with Gasteiger partial charge in [0.05, 0.1) is 41.9 Å². The lowest BCUT2D eigenvalue weighted by molar-refractivity contribution is 0.415. The number of nitrogens with two attached hydrogens (primary N) is 1. The molecule has 5 heteroatoms. The van der Waals surface area contributed by atoms with Crippen molar-refractivity contribution in [2.24, 2.45) is 0 Å². The van der Waals surface area contributed by atoms with Crippen LogP contribution in [0, 0.1) is 0 Å². The van der Waals surface area contributed by atoms with E-state index in [0.717, 1.165) is 56.4 Å². The molecule has 3 aromatic carbocycles. The van der Waals surface area contributed by atoms with Crippen molar-refractivity contribution in [3.05, 3.63) is 109 Å². The van der Waals surface area contributed by atoms with E-state index in [9.17, 15) is 0 Å². The molecule has 0 saturated heterocycles. The molecule has 1 aliphatic rings. The summed E-state index contributed by atoms with van der Waals surface area (Å²) in [5, 5.41) is 1.04. The van der Waals surface area contributed by atoms with E-state index < -0.39 is 0 Å². The fraction of sp³-hybridized carbons (Fsp3) is 0.0690. The maximum absolute atomic E-state index is 6.74. The van der Waals surface area contributed by atoms with Gasteiger partial charge in [-0.05, 0) is 48.5 Å². The topological polar surface area (TPSA) is 56.3 Å². The number of hydrogen-bond donors (Lipinski definition) is 1. The van der Waals surface area contributed by atoms with Gasteiger partial charge in [-0.15, -0.1) is 0 Å². The van der Waals surface area contributed by atoms with E-state index in [1.165, 1.54) is 0 Å². The van der Waals surface area contributed by atoms with Gasteiger partial charge in [-0.1, -0.05) is 42.5 Å². The summed E-state index contributed by atoms with van der Waals surface area (Å²) in [7, 11) is 1.69. The average Bonchev–Trinajstić information content (AvgIpc) is 3.40. The van der Waals surface area contributed by atoms with E-state index in [2.05, 4.69) is 64.1 Å². The molecule has 5 aromatic rings. The maximum Gasteiger partial charge on any atom is 0.120 e. The number of ether oxygens (including phenoxy) is 1. The second-order valence-electron chi connectivity index (χ2n) is 8.32. The number of benzene rings is 3. The minimum atomic E-state index is 0.690. The van der Waals surface area contributed by atoms with Gasteiger partial charge in [-0.3, -0.25) is 4.98 Å². The standard InChI is InChI=1S/C29H24N4O/c1-34-23-12-7-11-22(18-23)32-19-20(29-26(32)15-8-16-31-29)17-27-28(30)24-13-5-6-14-25(24)33(27)21-9-3-2-4-10-21/h2-18H,19,30H2,1H3/b20-17+. The van der Waals surface area contributed by atoms with Gasteiger partial charge in [0.2, 0.25) is 0 Å². The summed E-state index contributed by atoms with van der Waals surface area (Å²) in [6.45, 7) is 0.690. The van der Waals surface area contributed by atoms with E-state index in [1.807, 2.05) is 48.7 Å². The zero-order valence-electron chi connectivity index (χ0n) is 18.8. The van der Waals surface area contributed by atoms with Crippen molar-refractivity contribution >= 4 is 39.6 Å². The number of fused-ring (bicyclic) bond motifs is 2. The second-order valence-corrected chi connectivity index (χ2v) is 8.32. The molecule has 5 nitrogen and oxygen atoms in total. The maximum atomic E-state index is 6.74. The lowest BCUT2D eigenvalue weighted by atomic mass is 10.1. The van der Waals surface area contributed by atoms with Gasteiger partial charge in [0, 0.05) is 34.6 Å². The quantitative estimate of drug-likeness (QED) is 0.353. The van der Waals surface area contributed by atoms with Crippen LogP contribution in [-0.4, -0.2) is 23.2 Å². The molecule has 0 amide bonds. The third-order valence-corrected chi connectivity index (χ3v) is 6.35. The van der Waals surface area contributed by atoms with Crippen LogP contribution in [0.5, 0.6) is 5.75 Å². The molecule has 0 radical (unpaired) electrons. The van der Waals surface area contributed by atoms with E-state index >= 15 is 0 Å². The van der Waals surface area contributed by atoms with Gasteiger partial charge in [-0.2, -0.15) is 0 Å². The minimum Gasteiger partial charge on any atom is -0.497 e. The number of methoxy groups -OCH3 is 1. The smallest absolute Gasteiger partial charge is 0.120 e. The molecule has 0 unspecified atom stereocenters. The molecule has 3 heterocycles. The number of para-hydroxylation sites is 2. The van der Waals surface area contributed by atoms with Crippen LogP contribution in [0.15, 0.2) is 97.2 Å². The highest BCUT2D eigenvalue weighted by Crippen LogP contribution is 2.42. The van der Waals surface area contributed by atoms with Crippen LogP contribution >= 0.6 is 0 Å². The lowest BCUT2D eigenvalue weighted by Gasteiger charge is -2.19. The summed E-state index contributed by atoms with van der Waals surface area (Å²) in [5.41, 5.74) is 14.9. The molecule has 34 heavy (non-hydrogen) atoms. The molecular formula is C29H24N4O. The Bertz CT molecular complexity index is 1530. The van der Waals surface area contributed by atoms with Gasteiger partial charge >= 0.3 is 0 Å². The first-order valence-electron chi connectivity index (χ1n) is 11.3. The molecule has 2 aromatic heterocycles. The summed E-state index contributed by atoms with van der Waals surface area (Å²) in [5.74, 6) is 0.828. The van der Waals surface area contributed by atoms with Crippen molar-refractivity contribution in [1.82, 2.24) is 9.55 Å². The molecule has 166 valence electrons. The van der Waals surface area contributed by atoms with Crippen molar-refractivity contribution in [2.45, 2.75) is 0 Å². The predicted octanol–water partition coefficient (Wildman–Crippen LogP) is 6.31. The summed E-state index contributed by atoms with van der Waals surface area (Å²) >= 11 is 0. The largest absolute Gasteiger partial charge is 0.497 e. The Hall–Kier alpha value is -4.51. The summed E-state index contributed by atoms with van der Waals surface area (Å²) in [6, 6.07) is 30.8. The fourth-order valence-electron chi connectivity index (χ4n) is 4.76. The zero-order valence-corrected chi connectivity index (χ0v) is 18.8. The first kappa shape index (κ1) is 20.1. The summed E-state index contributed by atoms with van der Waals surface area (Å²) in [6.07, 6.45) is 4.03. The highest BCUT2D eigenvalue weighted by atomic mass is 16.5. The van der Waals surface area contributed by atoms with Crippen molar-refractivity contribution < 1.29 is 4.74 Å². The Kier molecular flexibility index (Phi) is 4.81. The molecule has 0 aliphatic carbocycles. The number of hydrogen-bond acceptors (Lipinski definition) is 4. The Morgan fingerprint density at radius 3 is 2.53 bits per heavy atom. The van der Waals surface area contributed by atoms with Crippen molar-refractivity contribution in [1.29, 1.82) is 0 Å². The van der Waals surface area contributed by atoms with Gasteiger partial charge < -0.3 is 19.9 Å². The van der Waals surface area contributed by atoms with Crippen LogP contribution in [0.2, 0.25) is 0 Å². The Morgan fingerprint density at radius 2 is 1.68 bits per heavy atom. The SMILES string of the molecule is COc1cccc(N2C/C(=C\c3c(N)c4ccccc4n3-c3ccccc3)c3ncccc32)c1. The predicted molar refractivity (Wildman–Crippen MR) is 140 cm³/mol. The van der Waals surface area contributed by atoms with Gasteiger partial charge in [0.25, 0.3) is 0 Å². The lowest BCUT2D eigenvalue weighted by Crippen LogP contribution is -2.13. The number of rotatable bonds is 4. The molecule has 2 N–H and O–H groups in total. The van der Waals surface area contributed by atoms with Crippen LogP contribution < -0.4 is 15.4 Å². The van der Waals surface area contributed by atoms with Gasteiger partial charge in [-0.25, -0.2) is 0 Å². The minimum absolute atomic E-state index is 0.690. The number of nitrogen functional groups attached to an aromatic ring is 1. The van der Waals surface area contributed by atoms with E-state index in [4.69, 9.17) is 15.5 Å². The van der Waals surface area contributed by atoms with Crippen LogP contribution in [0.3, 0.4) is 0 Å². The average molecular weight is 445 g/mol. The van der Waals surface area contributed by atoms with Crippen LogP contribution in [0.4, 0.5) is 17.1 Å². The van der Waals surface area contributed by atoms with E-state index in [-0.39, 0.29) is 0 Å². The molecule has 0 saturated carbocycles. The molecule has 0 atom stereocenters. The molecular weight excluding hydrogens is 420 g/mol.